The summed E-state index contributed by atoms with van der Waals surface area (Å²) in [6, 6.07) is 5.33. The highest BCUT2D eigenvalue weighted by Gasteiger charge is 2.33. The number of nitrogens with zero attached hydrogens (tertiary/aromatic N) is 3. The molecule has 27 heavy (non-hydrogen) atoms. The number of likely N-dealkylation sites (N-methyl/N-ethyl adjacent to an activating group) is 1. The molecule has 0 spiro atoms. The molecule has 2 heterocycles. The van der Waals surface area contributed by atoms with Gasteiger partial charge in [0.05, 0.1) is 14.2 Å². The highest BCUT2D eigenvalue weighted by Crippen LogP contribution is 2.31. The van der Waals surface area contributed by atoms with Gasteiger partial charge in [0.15, 0.2) is 0 Å². The number of piperazine rings is 1. The van der Waals surface area contributed by atoms with Gasteiger partial charge < -0.3 is 24.2 Å². The van der Waals surface area contributed by atoms with Crippen molar-refractivity contribution in [1.82, 2.24) is 14.7 Å². The third-order valence-corrected chi connectivity index (χ3v) is 5.59. The number of likely N-dealkylation sites (tertiary alicyclic amines) is 1. The van der Waals surface area contributed by atoms with Gasteiger partial charge in [0, 0.05) is 45.2 Å². The fourth-order valence-corrected chi connectivity index (χ4v) is 3.83. The van der Waals surface area contributed by atoms with Crippen LogP contribution in [0, 0.1) is 5.92 Å². The van der Waals surface area contributed by atoms with Crippen molar-refractivity contribution >= 4 is 11.8 Å². The SMILES string of the molecule is COc1cccc(OC)c1C(=O)N1CCC(C(=O)N2CCN(C)CC2)CC1. The van der Waals surface area contributed by atoms with Gasteiger partial charge in [-0.25, -0.2) is 0 Å². The van der Waals surface area contributed by atoms with Gasteiger partial charge >= 0.3 is 0 Å². The van der Waals surface area contributed by atoms with E-state index >= 15 is 0 Å². The molecule has 0 N–H and O–H groups in total. The molecule has 148 valence electrons. The van der Waals surface area contributed by atoms with Crippen molar-refractivity contribution in [2.24, 2.45) is 5.92 Å². The number of carbonyl (C=O) groups is 2. The number of carbonyl (C=O) groups excluding carboxylic acids is 2. The normalized spacial score (nSPS) is 19.1. The number of amides is 2. The molecule has 0 aromatic heterocycles. The Labute approximate surface area is 160 Å². The van der Waals surface area contributed by atoms with Crippen molar-refractivity contribution in [3.8, 4) is 11.5 Å². The van der Waals surface area contributed by atoms with Crippen LogP contribution in [-0.2, 0) is 4.79 Å². The zero-order chi connectivity index (χ0) is 19.4. The highest BCUT2D eigenvalue weighted by molar-refractivity contribution is 6.00. The molecule has 2 saturated heterocycles. The first-order valence-electron chi connectivity index (χ1n) is 9.52. The topological polar surface area (TPSA) is 62.3 Å². The summed E-state index contributed by atoms with van der Waals surface area (Å²) in [6.07, 6.45) is 1.41. The molecular weight excluding hydrogens is 346 g/mol. The average Bonchev–Trinajstić information content (AvgIpc) is 2.72. The summed E-state index contributed by atoms with van der Waals surface area (Å²) in [7, 11) is 5.18. The van der Waals surface area contributed by atoms with Crippen LogP contribution in [0.4, 0.5) is 0 Å². The Hall–Kier alpha value is -2.28. The van der Waals surface area contributed by atoms with E-state index in [1.54, 1.807) is 37.3 Å². The second-order valence-electron chi connectivity index (χ2n) is 7.23. The lowest BCUT2D eigenvalue weighted by Gasteiger charge is -2.37. The fourth-order valence-electron chi connectivity index (χ4n) is 3.83. The van der Waals surface area contributed by atoms with Crippen LogP contribution >= 0.6 is 0 Å². The average molecular weight is 375 g/mol. The van der Waals surface area contributed by atoms with Gasteiger partial charge in [-0.3, -0.25) is 9.59 Å². The molecule has 0 radical (unpaired) electrons. The lowest BCUT2D eigenvalue weighted by molar-refractivity contribution is -0.138. The van der Waals surface area contributed by atoms with Gasteiger partial charge in [0.2, 0.25) is 5.91 Å². The summed E-state index contributed by atoms with van der Waals surface area (Å²) in [5, 5.41) is 0. The van der Waals surface area contributed by atoms with Crippen molar-refractivity contribution in [3.05, 3.63) is 23.8 Å². The first kappa shape index (κ1) is 19.5. The van der Waals surface area contributed by atoms with E-state index in [2.05, 4.69) is 11.9 Å². The van der Waals surface area contributed by atoms with Gasteiger partial charge in [0.25, 0.3) is 5.91 Å². The van der Waals surface area contributed by atoms with Crippen LogP contribution in [-0.4, -0.2) is 87.0 Å². The van der Waals surface area contributed by atoms with E-state index in [0.29, 0.717) is 43.0 Å². The number of benzene rings is 1. The molecule has 0 atom stereocenters. The summed E-state index contributed by atoms with van der Waals surface area (Å²) in [5.74, 6) is 1.17. The lowest BCUT2D eigenvalue weighted by Crippen LogP contribution is -2.51. The zero-order valence-corrected chi connectivity index (χ0v) is 16.4. The predicted molar refractivity (Wildman–Crippen MR) is 102 cm³/mol. The maximum absolute atomic E-state index is 13.0. The molecular formula is C20H29N3O4. The first-order valence-corrected chi connectivity index (χ1v) is 9.52. The van der Waals surface area contributed by atoms with Crippen LogP contribution in [0.3, 0.4) is 0 Å². The Morgan fingerprint density at radius 1 is 0.889 bits per heavy atom. The Morgan fingerprint density at radius 3 is 1.96 bits per heavy atom. The van der Waals surface area contributed by atoms with E-state index in [-0.39, 0.29) is 17.7 Å². The summed E-state index contributed by atoms with van der Waals surface area (Å²) < 4.78 is 10.7. The van der Waals surface area contributed by atoms with Gasteiger partial charge in [0.1, 0.15) is 17.1 Å². The number of ether oxygens (including phenoxy) is 2. The van der Waals surface area contributed by atoms with E-state index < -0.39 is 0 Å². The maximum Gasteiger partial charge on any atom is 0.261 e. The second-order valence-corrected chi connectivity index (χ2v) is 7.23. The fraction of sp³-hybridized carbons (Fsp3) is 0.600. The van der Waals surface area contributed by atoms with Crippen molar-refractivity contribution < 1.29 is 19.1 Å². The quantitative estimate of drug-likeness (QED) is 0.795. The van der Waals surface area contributed by atoms with E-state index in [1.165, 1.54) is 0 Å². The summed E-state index contributed by atoms with van der Waals surface area (Å²) in [5.41, 5.74) is 0.450. The summed E-state index contributed by atoms with van der Waals surface area (Å²) >= 11 is 0. The Morgan fingerprint density at radius 2 is 1.44 bits per heavy atom. The zero-order valence-electron chi connectivity index (χ0n) is 16.4. The van der Waals surface area contributed by atoms with Crippen molar-refractivity contribution in [2.45, 2.75) is 12.8 Å². The van der Waals surface area contributed by atoms with Crippen LogP contribution in [0.25, 0.3) is 0 Å². The molecule has 2 amide bonds. The lowest BCUT2D eigenvalue weighted by atomic mass is 9.94. The second kappa shape index (κ2) is 8.61. The van der Waals surface area contributed by atoms with E-state index in [4.69, 9.17) is 9.47 Å². The van der Waals surface area contributed by atoms with Crippen LogP contribution < -0.4 is 9.47 Å². The van der Waals surface area contributed by atoms with Gasteiger partial charge in [-0.1, -0.05) is 6.07 Å². The molecule has 0 unspecified atom stereocenters. The van der Waals surface area contributed by atoms with Crippen molar-refractivity contribution in [1.29, 1.82) is 0 Å². The van der Waals surface area contributed by atoms with Gasteiger partial charge in [-0.2, -0.15) is 0 Å². The molecule has 7 heteroatoms. The minimum absolute atomic E-state index is 0.0111. The Balaban J connectivity index is 1.62. The van der Waals surface area contributed by atoms with Crippen molar-refractivity contribution in [3.63, 3.8) is 0 Å². The molecule has 0 bridgehead atoms. The number of hydrogen-bond donors (Lipinski definition) is 0. The summed E-state index contributed by atoms with van der Waals surface area (Å²) in [4.78, 5) is 31.8. The van der Waals surface area contributed by atoms with Crippen LogP contribution in [0.1, 0.15) is 23.2 Å². The third kappa shape index (κ3) is 4.18. The molecule has 2 aliphatic rings. The first-order chi connectivity index (χ1) is 13.0. The molecule has 2 fully saturated rings. The predicted octanol–water partition coefficient (Wildman–Crippen LogP) is 1.33. The molecule has 1 aromatic rings. The molecule has 0 saturated carbocycles. The number of rotatable bonds is 4. The largest absolute Gasteiger partial charge is 0.496 e. The maximum atomic E-state index is 13.0. The Bertz CT molecular complexity index is 656. The molecule has 1 aromatic carbocycles. The minimum atomic E-state index is -0.102. The van der Waals surface area contributed by atoms with Crippen LogP contribution in [0.5, 0.6) is 11.5 Å². The molecule has 2 aliphatic heterocycles. The molecule has 3 rings (SSSR count). The third-order valence-electron chi connectivity index (χ3n) is 5.59. The standard InChI is InChI=1S/C20H29N3O4/c1-21-11-13-23(14-12-21)19(24)15-7-9-22(10-8-15)20(25)18-16(26-2)5-4-6-17(18)27-3/h4-6,15H,7-14H2,1-3H3. The minimum Gasteiger partial charge on any atom is -0.496 e. The summed E-state index contributed by atoms with van der Waals surface area (Å²) in [6.45, 7) is 4.60. The van der Waals surface area contributed by atoms with Gasteiger partial charge in [-0.05, 0) is 32.0 Å². The van der Waals surface area contributed by atoms with Crippen LogP contribution in [0.2, 0.25) is 0 Å². The highest BCUT2D eigenvalue weighted by atomic mass is 16.5. The monoisotopic (exact) mass is 375 g/mol. The number of piperidine rings is 1. The number of methoxy groups -OCH3 is 2. The van der Waals surface area contributed by atoms with Crippen LogP contribution in [0.15, 0.2) is 18.2 Å². The molecule has 0 aliphatic carbocycles. The smallest absolute Gasteiger partial charge is 0.261 e. The van der Waals surface area contributed by atoms with E-state index in [0.717, 1.165) is 26.2 Å². The van der Waals surface area contributed by atoms with Gasteiger partial charge in [-0.15, -0.1) is 0 Å². The number of hydrogen-bond acceptors (Lipinski definition) is 5. The molecule has 7 nitrogen and oxygen atoms in total. The van der Waals surface area contributed by atoms with E-state index in [9.17, 15) is 9.59 Å². The Kier molecular flexibility index (Phi) is 6.21. The van der Waals surface area contributed by atoms with E-state index in [1.807, 2.05) is 4.90 Å². The van der Waals surface area contributed by atoms with Crippen molar-refractivity contribution in [2.75, 3.05) is 60.5 Å².